The van der Waals surface area contributed by atoms with Crippen LogP contribution in [0.4, 0.5) is 4.79 Å². The molecule has 6 heteroatoms. The highest BCUT2D eigenvalue weighted by atomic mass is 16.6. The first-order chi connectivity index (χ1) is 15.3. The van der Waals surface area contributed by atoms with Crippen molar-refractivity contribution in [1.29, 1.82) is 0 Å². The summed E-state index contributed by atoms with van der Waals surface area (Å²) in [5, 5.41) is 0. The lowest BCUT2D eigenvalue weighted by molar-refractivity contribution is 0.0695. The molecule has 2 aromatic carbocycles. The number of hydrogen-bond donors (Lipinski definition) is 0. The molecule has 0 atom stereocenters. The number of benzene rings is 2. The van der Waals surface area contributed by atoms with Gasteiger partial charge in [0.1, 0.15) is 6.61 Å². The highest BCUT2D eigenvalue weighted by molar-refractivity contribution is 5.67. The molecule has 0 bridgehead atoms. The quantitative estimate of drug-likeness (QED) is 0.593. The first-order valence-corrected chi connectivity index (χ1v) is 11.0. The van der Waals surface area contributed by atoms with Crippen LogP contribution in [0.25, 0.3) is 0 Å². The van der Waals surface area contributed by atoms with Crippen LogP contribution in [0.5, 0.6) is 0 Å². The van der Waals surface area contributed by atoms with Gasteiger partial charge in [-0.05, 0) is 11.1 Å². The van der Waals surface area contributed by atoms with E-state index in [9.17, 15) is 4.79 Å². The minimum atomic E-state index is -0.234. The summed E-state index contributed by atoms with van der Waals surface area (Å²) in [6.45, 7) is 9.00. The molecule has 31 heavy (non-hydrogen) atoms. The second-order valence-corrected chi connectivity index (χ2v) is 7.30. The van der Waals surface area contributed by atoms with Crippen molar-refractivity contribution in [3.05, 3.63) is 90.0 Å². The summed E-state index contributed by atoms with van der Waals surface area (Å²) in [5.74, 6) is 0. The number of nitrogens with zero attached hydrogens (tertiary/aromatic N) is 4. The van der Waals surface area contributed by atoms with Crippen molar-refractivity contribution in [1.82, 2.24) is 19.4 Å². The average Bonchev–Trinajstić information content (AvgIpc) is 3.27. The molecule has 4 rings (SSSR count). The van der Waals surface area contributed by atoms with Crippen molar-refractivity contribution in [3.8, 4) is 0 Å². The van der Waals surface area contributed by atoms with Crippen LogP contribution in [0.15, 0.2) is 73.2 Å². The molecule has 6 nitrogen and oxygen atoms in total. The zero-order valence-electron chi connectivity index (χ0n) is 18.5. The smallest absolute Gasteiger partial charge is 0.410 e. The number of amides is 1. The predicted octanol–water partition coefficient (Wildman–Crippen LogP) is 4.41. The van der Waals surface area contributed by atoms with Gasteiger partial charge in [-0.15, -0.1) is 0 Å². The SMILES string of the molecule is CC.O=C(OCc1ccccc1)N1CCN(Cc2cncn2Cc2ccccc2)CC1. The van der Waals surface area contributed by atoms with Crippen molar-refractivity contribution in [3.63, 3.8) is 0 Å². The number of carbonyl (C=O) groups excluding carboxylic acids is 1. The van der Waals surface area contributed by atoms with Crippen molar-refractivity contribution in [2.75, 3.05) is 26.2 Å². The van der Waals surface area contributed by atoms with Gasteiger partial charge in [0.15, 0.2) is 0 Å². The molecule has 2 heterocycles. The number of carbonyl (C=O) groups is 1. The van der Waals surface area contributed by atoms with Gasteiger partial charge in [0, 0.05) is 45.5 Å². The van der Waals surface area contributed by atoms with E-state index >= 15 is 0 Å². The average molecular weight is 421 g/mol. The molecular formula is C25H32N4O2. The van der Waals surface area contributed by atoms with E-state index in [0.717, 1.165) is 31.7 Å². The molecule has 0 spiro atoms. The van der Waals surface area contributed by atoms with Gasteiger partial charge < -0.3 is 14.2 Å². The highest BCUT2D eigenvalue weighted by Crippen LogP contribution is 2.12. The van der Waals surface area contributed by atoms with Gasteiger partial charge in [-0.25, -0.2) is 9.78 Å². The molecular weight excluding hydrogens is 388 g/mol. The zero-order valence-corrected chi connectivity index (χ0v) is 18.5. The summed E-state index contributed by atoms with van der Waals surface area (Å²) in [6.07, 6.45) is 3.59. The van der Waals surface area contributed by atoms with Crippen LogP contribution < -0.4 is 0 Å². The molecule has 1 aliphatic rings. The number of piperazine rings is 1. The molecule has 1 aliphatic heterocycles. The Bertz CT molecular complexity index is 904. The molecule has 0 radical (unpaired) electrons. The largest absolute Gasteiger partial charge is 0.445 e. The Morgan fingerprint density at radius 3 is 2.13 bits per heavy atom. The standard InChI is InChI=1S/C23H26N4O2.C2H6/c28-23(29-18-21-9-5-2-6-10-21)26-13-11-25(12-14-26)17-22-15-24-19-27(22)16-20-7-3-1-4-8-20;1-2/h1-10,15,19H,11-14,16-18H2;1-2H3. The maximum atomic E-state index is 12.3. The number of hydrogen-bond acceptors (Lipinski definition) is 4. The molecule has 1 aromatic heterocycles. The zero-order chi connectivity index (χ0) is 21.9. The number of imidazole rings is 1. The maximum Gasteiger partial charge on any atom is 0.410 e. The van der Waals surface area contributed by atoms with E-state index in [4.69, 9.17) is 4.74 Å². The molecule has 164 valence electrons. The Kier molecular flexibility index (Phi) is 8.67. The van der Waals surface area contributed by atoms with E-state index in [0.29, 0.717) is 19.7 Å². The van der Waals surface area contributed by atoms with Crippen molar-refractivity contribution in [2.24, 2.45) is 0 Å². The summed E-state index contributed by atoms with van der Waals surface area (Å²) >= 11 is 0. The molecule has 0 N–H and O–H groups in total. The summed E-state index contributed by atoms with van der Waals surface area (Å²) in [7, 11) is 0. The van der Waals surface area contributed by atoms with Crippen LogP contribution >= 0.6 is 0 Å². The lowest BCUT2D eigenvalue weighted by Crippen LogP contribution is -2.48. The highest BCUT2D eigenvalue weighted by Gasteiger charge is 2.23. The van der Waals surface area contributed by atoms with E-state index in [-0.39, 0.29) is 6.09 Å². The van der Waals surface area contributed by atoms with Crippen LogP contribution in [-0.2, 0) is 24.4 Å². The van der Waals surface area contributed by atoms with Crippen molar-refractivity contribution in [2.45, 2.75) is 33.5 Å². The van der Waals surface area contributed by atoms with Gasteiger partial charge in [0.25, 0.3) is 0 Å². The topological polar surface area (TPSA) is 50.6 Å². The summed E-state index contributed by atoms with van der Waals surface area (Å²) < 4.78 is 7.64. The first kappa shape index (κ1) is 22.6. The fraction of sp³-hybridized carbons (Fsp3) is 0.360. The third kappa shape index (κ3) is 6.69. The van der Waals surface area contributed by atoms with E-state index in [2.05, 4.69) is 38.7 Å². The van der Waals surface area contributed by atoms with Gasteiger partial charge >= 0.3 is 6.09 Å². The van der Waals surface area contributed by atoms with Crippen molar-refractivity contribution < 1.29 is 9.53 Å². The lowest BCUT2D eigenvalue weighted by atomic mass is 10.2. The Balaban J connectivity index is 0.00000132. The molecule has 1 saturated heterocycles. The third-order valence-corrected chi connectivity index (χ3v) is 5.22. The van der Waals surface area contributed by atoms with Gasteiger partial charge in [-0.2, -0.15) is 0 Å². The van der Waals surface area contributed by atoms with Crippen LogP contribution in [0.1, 0.15) is 30.7 Å². The minimum absolute atomic E-state index is 0.234. The monoisotopic (exact) mass is 420 g/mol. The number of ether oxygens (including phenoxy) is 1. The molecule has 3 aromatic rings. The first-order valence-electron chi connectivity index (χ1n) is 11.0. The summed E-state index contributed by atoms with van der Waals surface area (Å²) in [5.41, 5.74) is 3.46. The van der Waals surface area contributed by atoms with Gasteiger partial charge in [-0.3, -0.25) is 4.90 Å². The Morgan fingerprint density at radius 1 is 0.871 bits per heavy atom. The second-order valence-electron chi connectivity index (χ2n) is 7.30. The van der Waals surface area contributed by atoms with Crippen LogP contribution in [0, 0.1) is 0 Å². The molecule has 1 amide bonds. The fourth-order valence-corrected chi connectivity index (χ4v) is 3.53. The Labute approximate surface area is 185 Å². The van der Waals surface area contributed by atoms with Gasteiger partial charge in [0.2, 0.25) is 0 Å². The fourth-order valence-electron chi connectivity index (χ4n) is 3.53. The van der Waals surface area contributed by atoms with E-state index in [1.807, 2.05) is 62.8 Å². The number of aromatic nitrogens is 2. The van der Waals surface area contributed by atoms with E-state index in [1.165, 1.54) is 11.3 Å². The molecule has 0 aliphatic carbocycles. The summed E-state index contributed by atoms with van der Waals surface area (Å²) in [6, 6.07) is 20.2. The minimum Gasteiger partial charge on any atom is -0.445 e. The van der Waals surface area contributed by atoms with Crippen LogP contribution in [-0.4, -0.2) is 51.6 Å². The van der Waals surface area contributed by atoms with Crippen LogP contribution in [0.3, 0.4) is 0 Å². The second kappa shape index (κ2) is 11.9. The molecule has 1 fully saturated rings. The van der Waals surface area contributed by atoms with Crippen LogP contribution in [0.2, 0.25) is 0 Å². The third-order valence-electron chi connectivity index (χ3n) is 5.22. The van der Waals surface area contributed by atoms with Gasteiger partial charge in [0.05, 0.1) is 12.0 Å². The Morgan fingerprint density at radius 2 is 1.48 bits per heavy atom. The summed E-state index contributed by atoms with van der Waals surface area (Å²) in [4.78, 5) is 20.8. The Hall–Kier alpha value is -3.12. The van der Waals surface area contributed by atoms with E-state index < -0.39 is 0 Å². The molecule has 0 unspecified atom stereocenters. The predicted molar refractivity (Wildman–Crippen MR) is 123 cm³/mol. The lowest BCUT2D eigenvalue weighted by Gasteiger charge is -2.34. The normalized spacial score (nSPS) is 13.9. The molecule has 0 saturated carbocycles. The van der Waals surface area contributed by atoms with Crippen molar-refractivity contribution >= 4 is 6.09 Å². The van der Waals surface area contributed by atoms with E-state index in [1.54, 1.807) is 4.90 Å². The van der Waals surface area contributed by atoms with Gasteiger partial charge in [-0.1, -0.05) is 74.5 Å². The maximum absolute atomic E-state index is 12.3. The number of rotatable bonds is 6.